The fourth-order valence-electron chi connectivity index (χ4n) is 3.35. The van der Waals surface area contributed by atoms with Gasteiger partial charge in [-0.25, -0.2) is 4.79 Å². The van der Waals surface area contributed by atoms with E-state index in [0.29, 0.717) is 31.5 Å². The molecular weight excluding hydrogens is 358 g/mol. The molecule has 0 saturated carbocycles. The molecule has 0 bridgehead atoms. The van der Waals surface area contributed by atoms with Gasteiger partial charge >= 0.3 is 6.09 Å². The number of rotatable bonds is 6. The molecule has 1 aromatic rings. The van der Waals surface area contributed by atoms with Crippen LogP contribution in [0.1, 0.15) is 49.5 Å². The van der Waals surface area contributed by atoms with Gasteiger partial charge in [-0.3, -0.25) is 9.59 Å². The van der Waals surface area contributed by atoms with Crippen LogP contribution < -0.4 is 10.6 Å². The van der Waals surface area contributed by atoms with E-state index in [0.717, 1.165) is 5.56 Å². The van der Waals surface area contributed by atoms with E-state index >= 15 is 0 Å². The summed E-state index contributed by atoms with van der Waals surface area (Å²) in [5, 5.41) is 5.73. The van der Waals surface area contributed by atoms with E-state index in [2.05, 4.69) is 10.6 Å². The third-order valence-corrected chi connectivity index (χ3v) is 5.01. The first-order valence-electron chi connectivity index (χ1n) is 9.92. The second-order valence-electron chi connectivity index (χ2n) is 7.47. The number of hydrogen-bond acceptors (Lipinski definition) is 4. The number of benzene rings is 1. The molecule has 1 aromatic carbocycles. The Morgan fingerprint density at radius 3 is 2.39 bits per heavy atom. The van der Waals surface area contributed by atoms with Gasteiger partial charge in [-0.15, -0.1) is 0 Å². The Balaban J connectivity index is 1.89. The van der Waals surface area contributed by atoms with Gasteiger partial charge in [0.15, 0.2) is 0 Å². The number of hydrogen-bond donors (Lipinski definition) is 2. The molecule has 0 spiro atoms. The topological polar surface area (TPSA) is 87.7 Å². The lowest BCUT2D eigenvalue weighted by molar-refractivity contribution is -0.135. The first-order chi connectivity index (χ1) is 13.3. The lowest BCUT2D eigenvalue weighted by Gasteiger charge is -2.35. The Labute approximate surface area is 166 Å². The molecule has 1 fully saturated rings. The van der Waals surface area contributed by atoms with Crippen molar-refractivity contribution in [3.05, 3.63) is 35.4 Å². The summed E-state index contributed by atoms with van der Waals surface area (Å²) in [6.07, 6.45) is 0.802. The van der Waals surface area contributed by atoms with Gasteiger partial charge in [-0.2, -0.15) is 0 Å². The molecule has 2 N–H and O–H groups in total. The molecule has 2 rings (SSSR count). The predicted molar refractivity (Wildman–Crippen MR) is 107 cm³/mol. The van der Waals surface area contributed by atoms with Crippen molar-refractivity contribution in [1.29, 1.82) is 0 Å². The smallest absolute Gasteiger partial charge is 0.407 e. The summed E-state index contributed by atoms with van der Waals surface area (Å²) in [5.41, 5.74) is 1.62. The second-order valence-corrected chi connectivity index (χ2v) is 7.47. The summed E-state index contributed by atoms with van der Waals surface area (Å²) < 4.78 is 4.90. The zero-order valence-corrected chi connectivity index (χ0v) is 17.2. The minimum absolute atomic E-state index is 0.0340. The molecule has 1 aliphatic rings. The maximum absolute atomic E-state index is 12.8. The van der Waals surface area contributed by atoms with Gasteiger partial charge in [-0.1, -0.05) is 32.0 Å². The molecule has 1 atom stereocenters. The lowest BCUT2D eigenvalue weighted by atomic mass is 9.99. The van der Waals surface area contributed by atoms with Crippen molar-refractivity contribution in [2.24, 2.45) is 5.92 Å². The first-order valence-corrected chi connectivity index (χ1v) is 9.92. The van der Waals surface area contributed by atoms with Gasteiger partial charge in [0.1, 0.15) is 6.04 Å². The van der Waals surface area contributed by atoms with Gasteiger partial charge in [-0.05, 0) is 44.2 Å². The van der Waals surface area contributed by atoms with Crippen molar-refractivity contribution in [3.63, 3.8) is 0 Å². The standard InChI is InChI=1S/C21H31N3O4/c1-5-28-21(27)23-18(14(2)3)20(26)24-12-10-16(11-13-24)22-19(25)17-9-7-6-8-15(17)4/h6-9,14,16,18H,5,10-13H2,1-4H3,(H,22,25)(H,23,27). The molecule has 1 aliphatic heterocycles. The zero-order chi connectivity index (χ0) is 20.7. The van der Waals surface area contributed by atoms with Gasteiger partial charge in [0, 0.05) is 24.7 Å². The Morgan fingerprint density at radius 1 is 1.18 bits per heavy atom. The van der Waals surface area contributed by atoms with Gasteiger partial charge in [0.25, 0.3) is 5.91 Å². The number of nitrogens with one attached hydrogen (secondary N) is 2. The molecule has 0 aromatic heterocycles. The highest BCUT2D eigenvalue weighted by atomic mass is 16.5. The molecule has 1 unspecified atom stereocenters. The Kier molecular flexibility index (Phi) is 7.84. The van der Waals surface area contributed by atoms with Crippen LogP contribution in [0.15, 0.2) is 24.3 Å². The molecule has 7 nitrogen and oxygen atoms in total. The van der Waals surface area contributed by atoms with Crippen LogP contribution in [0.5, 0.6) is 0 Å². The van der Waals surface area contributed by atoms with Crippen molar-refractivity contribution in [3.8, 4) is 0 Å². The summed E-state index contributed by atoms with van der Waals surface area (Å²) in [4.78, 5) is 38.8. The van der Waals surface area contributed by atoms with E-state index in [1.54, 1.807) is 11.8 Å². The van der Waals surface area contributed by atoms with E-state index < -0.39 is 12.1 Å². The van der Waals surface area contributed by atoms with E-state index in [-0.39, 0.29) is 30.4 Å². The maximum Gasteiger partial charge on any atom is 0.407 e. The van der Waals surface area contributed by atoms with Gasteiger partial charge in [0.05, 0.1) is 6.61 Å². The summed E-state index contributed by atoms with van der Waals surface area (Å²) in [6.45, 7) is 8.78. The lowest BCUT2D eigenvalue weighted by Crippen LogP contribution is -2.54. The summed E-state index contributed by atoms with van der Waals surface area (Å²) in [7, 11) is 0. The van der Waals surface area contributed by atoms with Crippen LogP contribution in [-0.4, -0.2) is 54.6 Å². The van der Waals surface area contributed by atoms with Crippen molar-refractivity contribution < 1.29 is 19.1 Å². The quantitative estimate of drug-likeness (QED) is 0.782. The van der Waals surface area contributed by atoms with Gasteiger partial charge < -0.3 is 20.3 Å². The van der Waals surface area contributed by atoms with Crippen molar-refractivity contribution >= 4 is 17.9 Å². The number of likely N-dealkylation sites (tertiary alicyclic amines) is 1. The molecular formula is C21H31N3O4. The van der Waals surface area contributed by atoms with Crippen LogP contribution in [0.25, 0.3) is 0 Å². The van der Waals surface area contributed by atoms with Crippen molar-refractivity contribution in [1.82, 2.24) is 15.5 Å². The number of aryl methyl sites for hydroxylation is 1. The van der Waals surface area contributed by atoms with E-state index in [1.807, 2.05) is 45.0 Å². The highest BCUT2D eigenvalue weighted by molar-refractivity contribution is 5.95. The highest BCUT2D eigenvalue weighted by Crippen LogP contribution is 2.16. The number of ether oxygens (including phenoxy) is 1. The van der Waals surface area contributed by atoms with Crippen molar-refractivity contribution in [2.75, 3.05) is 19.7 Å². The Bertz CT molecular complexity index is 697. The fraction of sp³-hybridized carbons (Fsp3) is 0.571. The molecule has 7 heteroatoms. The largest absolute Gasteiger partial charge is 0.450 e. The fourth-order valence-corrected chi connectivity index (χ4v) is 3.35. The van der Waals surface area contributed by atoms with Crippen LogP contribution in [0.4, 0.5) is 4.79 Å². The third kappa shape index (κ3) is 5.71. The van der Waals surface area contributed by atoms with Crippen molar-refractivity contribution in [2.45, 2.75) is 52.6 Å². The normalized spacial score (nSPS) is 15.8. The third-order valence-electron chi connectivity index (χ3n) is 5.01. The number of alkyl carbamates (subject to hydrolysis) is 1. The van der Waals surface area contributed by atoms with Crippen LogP contribution in [0, 0.1) is 12.8 Å². The predicted octanol–water partition coefficient (Wildman–Crippen LogP) is 2.49. The zero-order valence-electron chi connectivity index (χ0n) is 17.2. The minimum atomic E-state index is -0.614. The van der Waals surface area contributed by atoms with Crippen LogP contribution >= 0.6 is 0 Å². The van der Waals surface area contributed by atoms with Crippen LogP contribution in [0.3, 0.4) is 0 Å². The molecule has 0 aliphatic carbocycles. The SMILES string of the molecule is CCOC(=O)NC(C(=O)N1CCC(NC(=O)c2ccccc2C)CC1)C(C)C. The summed E-state index contributed by atoms with van der Waals surface area (Å²) in [5.74, 6) is -0.228. The maximum atomic E-state index is 12.8. The average Bonchev–Trinajstić information content (AvgIpc) is 2.66. The van der Waals surface area contributed by atoms with Crippen LogP contribution in [-0.2, 0) is 9.53 Å². The van der Waals surface area contributed by atoms with Crippen LogP contribution in [0.2, 0.25) is 0 Å². The number of carbonyl (C=O) groups excluding carboxylic acids is 3. The van der Waals surface area contributed by atoms with E-state index in [4.69, 9.17) is 4.74 Å². The number of nitrogens with zero attached hydrogens (tertiary/aromatic N) is 1. The molecule has 154 valence electrons. The number of carbonyl (C=O) groups is 3. The minimum Gasteiger partial charge on any atom is -0.450 e. The molecule has 28 heavy (non-hydrogen) atoms. The van der Waals surface area contributed by atoms with E-state index in [9.17, 15) is 14.4 Å². The van der Waals surface area contributed by atoms with Gasteiger partial charge in [0.2, 0.25) is 5.91 Å². The number of piperidine rings is 1. The summed E-state index contributed by atoms with van der Waals surface area (Å²) >= 11 is 0. The molecule has 3 amide bonds. The monoisotopic (exact) mass is 389 g/mol. The van der Waals surface area contributed by atoms with E-state index in [1.165, 1.54) is 0 Å². The first kappa shape index (κ1) is 21.7. The Hall–Kier alpha value is -2.57. The molecule has 0 radical (unpaired) electrons. The summed E-state index contributed by atoms with van der Waals surface area (Å²) in [6, 6.07) is 6.91. The highest BCUT2D eigenvalue weighted by Gasteiger charge is 2.32. The average molecular weight is 389 g/mol. The molecule has 1 heterocycles. The number of amides is 3. The second kappa shape index (κ2) is 10.1. The molecule has 1 saturated heterocycles. The Morgan fingerprint density at radius 2 is 1.82 bits per heavy atom.